The van der Waals surface area contributed by atoms with Gasteiger partial charge in [0.2, 0.25) is 5.91 Å². The van der Waals surface area contributed by atoms with Crippen LogP contribution in [0.25, 0.3) is 0 Å². The minimum absolute atomic E-state index is 0. The van der Waals surface area contributed by atoms with E-state index in [1.165, 1.54) is 5.56 Å². The summed E-state index contributed by atoms with van der Waals surface area (Å²) in [5.41, 5.74) is 1.33. The van der Waals surface area contributed by atoms with Crippen molar-refractivity contribution in [3.8, 4) is 0 Å². The van der Waals surface area contributed by atoms with Crippen molar-refractivity contribution in [2.45, 2.75) is 38.4 Å². The lowest BCUT2D eigenvalue weighted by atomic mass is 10.2. The van der Waals surface area contributed by atoms with Crippen LogP contribution in [0.1, 0.15) is 24.7 Å². The molecule has 1 aliphatic rings. The Morgan fingerprint density at radius 1 is 1.23 bits per heavy atom. The second kappa shape index (κ2) is 12.7. The third-order valence-electron chi connectivity index (χ3n) is 5.39. The molecule has 1 fully saturated rings. The van der Waals surface area contributed by atoms with Crippen LogP contribution < -0.4 is 10.6 Å². The van der Waals surface area contributed by atoms with E-state index in [0.717, 1.165) is 31.7 Å². The number of furan rings is 1. The van der Waals surface area contributed by atoms with E-state index >= 15 is 0 Å². The van der Waals surface area contributed by atoms with Gasteiger partial charge in [0.1, 0.15) is 12.3 Å². The highest BCUT2D eigenvalue weighted by atomic mass is 127. The zero-order chi connectivity index (χ0) is 21.3. The molecule has 7 nitrogen and oxygen atoms in total. The molecule has 2 aromatic rings. The topological polar surface area (TPSA) is 73.1 Å². The summed E-state index contributed by atoms with van der Waals surface area (Å²) in [5, 5.41) is 6.88. The molecule has 170 valence electrons. The minimum atomic E-state index is -0.0207. The van der Waals surface area contributed by atoms with Crippen molar-refractivity contribution in [2.24, 2.45) is 4.99 Å². The van der Waals surface area contributed by atoms with Crippen LogP contribution in [0.3, 0.4) is 0 Å². The van der Waals surface area contributed by atoms with Crippen molar-refractivity contribution >= 4 is 35.8 Å². The fraction of sp³-hybridized carbons (Fsp3) is 0.478. The lowest BCUT2D eigenvalue weighted by Gasteiger charge is -2.21. The largest absolute Gasteiger partial charge is 0.469 e. The highest BCUT2D eigenvalue weighted by Gasteiger charge is 2.29. The fourth-order valence-electron chi connectivity index (χ4n) is 3.63. The van der Waals surface area contributed by atoms with Crippen molar-refractivity contribution in [1.29, 1.82) is 0 Å². The maximum Gasteiger partial charge on any atom is 0.243 e. The zero-order valence-electron chi connectivity index (χ0n) is 18.6. The maximum atomic E-state index is 12.0. The summed E-state index contributed by atoms with van der Waals surface area (Å²) < 4.78 is 5.40. The van der Waals surface area contributed by atoms with E-state index in [9.17, 15) is 4.79 Å². The molecule has 2 unspecified atom stereocenters. The van der Waals surface area contributed by atoms with Gasteiger partial charge < -0.3 is 20.0 Å². The third kappa shape index (κ3) is 8.17. The number of carbonyl (C=O) groups excluding carboxylic acids is 1. The van der Waals surface area contributed by atoms with Gasteiger partial charge in [0.15, 0.2) is 5.96 Å². The SMILES string of the molecule is CC1CC(NC(=NCC(=O)N(C)C)NCCc2ccco2)CN1Cc1ccccc1.I. The predicted molar refractivity (Wildman–Crippen MR) is 135 cm³/mol. The van der Waals surface area contributed by atoms with Crippen molar-refractivity contribution in [3.05, 3.63) is 60.1 Å². The molecule has 0 spiro atoms. The standard InChI is InChI=1S/C23H33N5O2.HI/c1-18-14-20(17-28(18)16-19-8-5-4-6-9-19)26-23(25-15-22(29)27(2)3)24-12-11-21-10-7-13-30-21;/h4-10,13,18,20H,11-12,14-17H2,1-3H3,(H2,24,25,26);1H. The minimum Gasteiger partial charge on any atom is -0.469 e. The van der Waals surface area contributed by atoms with Crippen molar-refractivity contribution in [2.75, 3.05) is 33.7 Å². The molecule has 1 aromatic carbocycles. The van der Waals surface area contributed by atoms with Crippen LogP contribution in [0.2, 0.25) is 0 Å². The van der Waals surface area contributed by atoms with Gasteiger partial charge in [-0.2, -0.15) is 0 Å². The van der Waals surface area contributed by atoms with E-state index in [0.29, 0.717) is 18.5 Å². The van der Waals surface area contributed by atoms with E-state index in [4.69, 9.17) is 4.42 Å². The number of nitrogens with zero attached hydrogens (tertiary/aromatic N) is 3. The molecule has 1 aliphatic heterocycles. The summed E-state index contributed by atoms with van der Waals surface area (Å²) in [6.07, 6.45) is 3.48. The first-order valence-electron chi connectivity index (χ1n) is 10.6. The van der Waals surface area contributed by atoms with Crippen LogP contribution >= 0.6 is 24.0 Å². The second-order valence-corrected chi connectivity index (χ2v) is 8.05. The van der Waals surface area contributed by atoms with E-state index in [2.05, 4.69) is 51.7 Å². The molecule has 31 heavy (non-hydrogen) atoms. The number of carbonyl (C=O) groups is 1. The Labute approximate surface area is 202 Å². The molecule has 0 saturated carbocycles. The molecule has 2 N–H and O–H groups in total. The Hall–Kier alpha value is -2.07. The first-order valence-corrected chi connectivity index (χ1v) is 10.6. The number of nitrogens with one attached hydrogen (secondary N) is 2. The lowest BCUT2D eigenvalue weighted by Crippen LogP contribution is -2.45. The van der Waals surface area contributed by atoms with Crippen LogP contribution in [0.15, 0.2) is 58.1 Å². The van der Waals surface area contributed by atoms with Gasteiger partial charge in [0, 0.05) is 52.2 Å². The Morgan fingerprint density at radius 3 is 2.68 bits per heavy atom. The number of halogens is 1. The van der Waals surface area contributed by atoms with Crippen molar-refractivity contribution < 1.29 is 9.21 Å². The number of guanidine groups is 1. The Morgan fingerprint density at radius 2 is 2.00 bits per heavy atom. The predicted octanol–water partition coefficient (Wildman–Crippen LogP) is 2.73. The molecule has 3 rings (SSSR count). The van der Waals surface area contributed by atoms with Gasteiger partial charge in [0.05, 0.1) is 6.26 Å². The quantitative estimate of drug-likeness (QED) is 0.307. The average Bonchev–Trinajstić information content (AvgIpc) is 3.36. The first-order chi connectivity index (χ1) is 14.5. The Balaban J connectivity index is 0.00000341. The number of hydrogen-bond acceptors (Lipinski definition) is 4. The van der Waals surface area contributed by atoms with E-state index in [1.54, 1.807) is 25.3 Å². The zero-order valence-corrected chi connectivity index (χ0v) is 20.9. The highest BCUT2D eigenvalue weighted by molar-refractivity contribution is 14.0. The molecule has 2 heterocycles. The number of benzene rings is 1. The van der Waals surface area contributed by atoms with Crippen LogP contribution in [0, 0.1) is 0 Å². The van der Waals surface area contributed by atoms with E-state index < -0.39 is 0 Å². The summed E-state index contributed by atoms with van der Waals surface area (Å²) in [6, 6.07) is 15.2. The van der Waals surface area contributed by atoms with Crippen LogP contribution in [0.5, 0.6) is 0 Å². The molecule has 0 radical (unpaired) electrons. The monoisotopic (exact) mass is 539 g/mol. The van der Waals surface area contributed by atoms with Gasteiger partial charge in [-0.15, -0.1) is 24.0 Å². The van der Waals surface area contributed by atoms with E-state index in [1.807, 2.05) is 18.2 Å². The number of aliphatic imine (C=N–C) groups is 1. The van der Waals surface area contributed by atoms with Crippen LogP contribution in [-0.2, 0) is 17.8 Å². The smallest absolute Gasteiger partial charge is 0.243 e. The Kier molecular flexibility index (Phi) is 10.3. The van der Waals surface area contributed by atoms with Gasteiger partial charge in [-0.05, 0) is 31.0 Å². The molecule has 2 atom stereocenters. The molecule has 1 aromatic heterocycles. The van der Waals surface area contributed by atoms with Crippen LogP contribution in [0.4, 0.5) is 0 Å². The summed E-state index contributed by atoms with van der Waals surface area (Å²) in [4.78, 5) is 20.6. The van der Waals surface area contributed by atoms with Gasteiger partial charge >= 0.3 is 0 Å². The van der Waals surface area contributed by atoms with Crippen LogP contribution in [-0.4, -0.2) is 67.5 Å². The normalized spacial score (nSPS) is 19.0. The fourth-order valence-corrected chi connectivity index (χ4v) is 3.63. The number of amides is 1. The second-order valence-electron chi connectivity index (χ2n) is 8.05. The number of hydrogen-bond donors (Lipinski definition) is 2. The van der Waals surface area contributed by atoms with Gasteiger partial charge in [0.25, 0.3) is 0 Å². The summed E-state index contributed by atoms with van der Waals surface area (Å²) >= 11 is 0. The summed E-state index contributed by atoms with van der Waals surface area (Å²) in [6.45, 7) is 4.96. The number of likely N-dealkylation sites (tertiary alicyclic amines) is 1. The first kappa shape index (κ1) is 25.2. The molecule has 0 aliphatic carbocycles. The highest BCUT2D eigenvalue weighted by Crippen LogP contribution is 2.20. The Bertz CT molecular complexity index is 811. The summed E-state index contributed by atoms with van der Waals surface area (Å²) in [5.74, 6) is 1.58. The third-order valence-corrected chi connectivity index (χ3v) is 5.39. The molecular formula is C23H34IN5O2. The maximum absolute atomic E-state index is 12.0. The van der Waals surface area contributed by atoms with Crippen molar-refractivity contribution in [3.63, 3.8) is 0 Å². The molecule has 8 heteroatoms. The van der Waals surface area contributed by atoms with Gasteiger partial charge in [-0.25, -0.2) is 4.99 Å². The van der Waals surface area contributed by atoms with Gasteiger partial charge in [-0.1, -0.05) is 30.3 Å². The molecule has 0 bridgehead atoms. The number of rotatable bonds is 8. The molecule has 1 amide bonds. The molecule has 1 saturated heterocycles. The summed E-state index contributed by atoms with van der Waals surface area (Å²) in [7, 11) is 3.49. The lowest BCUT2D eigenvalue weighted by molar-refractivity contribution is -0.127. The number of likely N-dealkylation sites (N-methyl/N-ethyl adjacent to an activating group) is 1. The molecular weight excluding hydrogens is 505 g/mol. The average molecular weight is 539 g/mol. The van der Waals surface area contributed by atoms with Gasteiger partial charge in [-0.3, -0.25) is 9.69 Å². The van der Waals surface area contributed by atoms with Crippen molar-refractivity contribution in [1.82, 2.24) is 20.4 Å². The van der Waals surface area contributed by atoms with E-state index in [-0.39, 0.29) is 42.5 Å².